The first kappa shape index (κ1) is 14.7. The van der Waals surface area contributed by atoms with Gasteiger partial charge in [0, 0.05) is 32.0 Å². The van der Waals surface area contributed by atoms with E-state index in [1.807, 2.05) is 13.0 Å². The highest BCUT2D eigenvalue weighted by Gasteiger charge is 2.33. The van der Waals surface area contributed by atoms with Gasteiger partial charge in [0.2, 0.25) is 5.91 Å². The van der Waals surface area contributed by atoms with Crippen LogP contribution in [-0.2, 0) is 9.53 Å². The molecule has 1 aliphatic rings. The zero-order valence-corrected chi connectivity index (χ0v) is 11.7. The Balaban J connectivity index is 2.09. The second-order valence-electron chi connectivity index (χ2n) is 4.88. The average Bonchev–Trinajstić information content (AvgIpc) is 2.88. The lowest BCUT2D eigenvalue weighted by Gasteiger charge is -2.25. The molecule has 110 valence electrons. The van der Waals surface area contributed by atoms with Gasteiger partial charge in [0.05, 0.1) is 12.1 Å². The molecule has 0 aliphatic carbocycles. The average molecular weight is 280 g/mol. The van der Waals surface area contributed by atoms with E-state index in [1.165, 1.54) is 6.33 Å². The van der Waals surface area contributed by atoms with Crippen LogP contribution in [0, 0.1) is 6.92 Å². The van der Waals surface area contributed by atoms with Crippen LogP contribution in [-0.4, -0.2) is 59.9 Å². The van der Waals surface area contributed by atoms with Crippen molar-refractivity contribution in [3.8, 4) is 0 Å². The molecule has 1 saturated heterocycles. The summed E-state index contributed by atoms with van der Waals surface area (Å²) in [5, 5.41) is 11.5. The Bertz CT molecular complexity index is 469. The molecule has 7 heteroatoms. The molecule has 1 amide bonds. The molecule has 0 unspecified atom stereocenters. The molecule has 0 saturated carbocycles. The highest BCUT2D eigenvalue weighted by Crippen LogP contribution is 2.25. The number of aliphatic hydroxyl groups excluding tert-OH is 1. The molecule has 2 N–H and O–H groups in total. The third kappa shape index (κ3) is 3.43. The molecule has 0 bridgehead atoms. The summed E-state index contributed by atoms with van der Waals surface area (Å²) < 4.78 is 5.41. The SMILES string of the molecule is CO[C@H]1C[C@@H](CNC(=O)CO)N(c2cc(C)ncn2)C1. The topological polar surface area (TPSA) is 87.6 Å². The number of ether oxygens (including phenoxy) is 1. The van der Waals surface area contributed by atoms with E-state index in [2.05, 4.69) is 20.2 Å². The van der Waals surface area contributed by atoms with Crippen molar-refractivity contribution in [3.63, 3.8) is 0 Å². The Labute approximate surface area is 118 Å². The Morgan fingerprint density at radius 2 is 2.40 bits per heavy atom. The van der Waals surface area contributed by atoms with Gasteiger partial charge in [-0.25, -0.2) is 9.97 Å². The van der Waals surface area contributed by atoms with E-state index in [4.69, 9.17) is 9.84 Å². The van der Waals surface area contributed by atoms with Crippen LogP contribution < -0.4 is 10.2 Å². The van der Waals surface area contributed by atoms with E-state index in [-0.39, 0.29) is 18.1 Å². The lowest BCUT2D eigenvalue weighted by Crippen LogP contribution is -2.41. The number of hydrogen-bond donors (Lipinski definition) is 2. The van der Waals surface area contributed by atoms with Gasteiger partial charge in [-0.1, -0.05) is 0 Å². The molecular formula is C13H20N4O3. The van der Waals surface area contributed by atoms with Crippen LogP contribution in [0.5, 0.6) is 0 Å². The third-order valence-corrected chi connectivity index (χ3v) is 3.47. The standard InChI is InChI=1S/C13H20N4O3/c1-9-3-12(16-8-15-9)17-6-11(20-2)4-10(17)5-14-13(19)7-18/h3,8,10-11,18H,4-7H2,1-2H3,(H,14,19)/t10-,11-/m0/s1. The number of aliphatic hydroxyl groups is 1. The van der Waals surface area contributed by atoms with Crippen LogP contribution in [0.4, 0.5) is 5.82 Å². The molecule has 2 rings (SSSR count). The smallest absolute Gasteiger partial charge is 0.245 e. The summed E-state index contributed by atoms with van der Waals surface area (Å²) in [6, 6.07) is 2.02. The first-order valence-electron chi connectivity index (χ1n) is 6.59. The minimum Gasteiger partial charge on any atom is -0.387 e. The van der Waals surface area contributed by atoms with E-state index >= 15 is 0 Å². The first-order valence-corrected chi connectivity index (χ1v) is 6.59. The van der Waals surface area contributed by atoms with Gasteiger partial charge in [-0.15, -0.1) is 0 Å². The van der Waals surface area contributed by atoms with Gasteiger partial charge < -0.3 is 20.1 Å². The van der Waals surface area contributed by atoms with Crippen LogP contribution in [0.2, 0.25) is 0 Å². The number of nitrogens with zero attached hydrogens (tertiary/aromatic N) is 3. The number of nitrogens with one attached hydrogen (secondary N) is 1. The summed E-state index contributed by atoms with van der Waals surface area (Å²) in [5.41, 5.74) is 0.897. The van der Waals surface area contributed by atoms with Crippen molar-refractivity contribution in [2.75, 3.05) is 31.7 Å². The van der Waals surface area contributed by atoms with Gasteiger partial charge in [0.15, 0.2) is 0 Å². The molecule has 0 spiro atoms. The number of carbonyl (C=O) groups excluding carboxylic acids is 1. The quantitative estimate of drug-likeness (QED) is 0.755. The van der Waals surface area contributed by atoms with Crippen molar-refractivity contribution >= 4 is 11.7 Å². The van der Waals surface area contributed by atoms with Crippen molar-refractivity contribution < 1.29 is 14.6 Å². The van der Waals surface area contributed by atoms with E-state index in [0.29, 0.717) is 6.54 Å². The van der Waals surface area contributed by atoms with Crippen molar-refractivity contribution in [3.05, 3.63) is 18.1 Å². The van der Waals surface area contributed by atoms with Gasteiger partial charge in [0.25, 0.3) is 0 Å². The monoisotopic (exact) mass is 280 g/mol. The van der Waals surface area contributed by atoms with Gasteiger partial charge in [-0.3, -0.25) is 4.79 Å². The zero-order chi connectivity index (χ0) is 14.5. The van der Waals surface area contributed by atoms with Crippen LogP contribution in [0.1, 0.15) is 12.1 Å². The summed E-state index contributed by atoms with van der Waals surface area (Å²) in [6.07, 6.45) is 2.46. The maximum atomic E-state index is 11.2. The van der Waals surface area contributed by atoms with Gasteiger partial charge in [-0.2, -0.15) is 0 Å². The van der Waals surface area contributed by atoms with Gasteiger partial charge in [0.1, 0.15) is 18.8 Å². The molecule has 1 aliphatic heterocycles. The predicted octanol–water partition coefficient (Wildman–Crippen LogP) is -0.513. The second kappa shape index (κ2) is 6.62. The number of carbonyl (C=O) groups is 1. The van der Waals surface area contributed by atoms with Crippen LogP contribution in [0.3, 0.4) is 0 Å². The minimum absolute atomic E-state index is 0.102. The molecule has 20 heavy (non-hydrogen) atoms. The highest BCUT2D eigenvalue weighted by atomic mass is 16.5. The van der Waals surface area contributed by atoms with E-state index < -0.39 is 6.61 Å². The Kier molecular flexibility index (Phi) is 4.86. The lowest BCUT2D eigenvalue weighted by molar-refractivity contribution is -0.123. The Morgan fingerprint density at radius 3 is 3.05 bits per heavy atom. The number of amides is 1. The Hall–Kier alpha value is -1.73. The number of hydrogen-bond acceptors (Lipinski definition) is 6. The molecule has 7 nitrogen and oxygen atoms in total. The fourth-order valence-electron chi connectivity index (χ4n) is 2.40. The number of aryl methyl sites for hydroxylation is 1. The molecule has 0 radical (unpaired) electrons. The Morgan fingerprint density at radius 1 is 1.60 bits per heavy atom. The van der Waals surface area contributed by atoms with Crippen LogP contribution in [0.25, 0.3) is 0 Å². The molecule has 1 aromatic rings. The first-order chi connectivity index (χ1) is 9.63. The summed E-state index contributed by atoms with van der Waals surface area (Å²) in [6.45, 7) is 2.61. The summed E-state index contributed by atoms with van der Waals surface area (Å²) in [7, 11) is 1.68. The third-order valence-electron chi connectivity index (χ3n) is 3.47. The molecule has 2 heterocycles. The summed E-state index contributed by atoms with van der Waals surface area (Å²) in [4.78, 5) is 21.7. The van der Waals surface area contributed by atoms with Crippen LogP contribution in [0.15, 0.2) is 12.4 Å². The number of methoxy groups -OCH3 is 1. The van der Waals surface area contributed by atoms with Crippen molar-refractivity contribution in [2.24, 2.45) is 0 Å². The van der Waals surface area contributed by atoms with Crippen molar-refractivity contribution in [1.82, 2.24) is 15.3 Å². The zero-order valence-electron chi connectivity index (χ0n) is 11.7. The largest absolute Gasteiger partial charge is 0.387 e. The highest BCUT2D eigenvalue weighted by molar-refractivity contribution is 5.76. The fraction of sp³-hybridized carbons (Fsp3) is 0.615. The normalized spacial score (nSPS) is 22.1. The maximum absolute atomic E-state index is 11.2. The fourth-order valence-corrected chi connectivity index (χ4v) is 2.40. The second-order valence-corrected chi connectivity index (χ2v) is 4.88. The van der Waals surface area contributed by atoms with Crippen LogP contribution >= 0.6 is 0 Å². The molecule has 0 aromatic carbocycles. The minimum atomic E-state index is -0.493. The van der Waals surface area contributed by atoms with Crippen molar-refractivity contribution in [1.29, 1.82) is 0 Å². The number of anilines is 1. The summed E-state index contributed by atoms with van der Waals surface area (Å²) in [5.74, 6) is 0.463. The molecule has 2 atom stereocenters. The van der Waals surface area contributed by atoms with Gasteiger partial charge in [-0.05, 0) is 13.3 Å². The summed E-state index contributed by atoms with van der Waals surface area (Å²) >= 11 is 0. The van der Waals surface area contributed by atoms with E-state index in [1.54, 1.807) is 7.11 Å². The molecule has 1 fully saturated rings. The number of aromatic nitrogens is 2. The van der Waals surface area contributed by atoms with E-state index in [0.717, 1.165) is 24.5 Å². The predicted molar refractivity (Wildman–Crippen MR) is 73.4 cm³/mol. The van der Waals surface area contributed by atoms with Gasteiger partial charge >= 0.3 is 0 Å². The lowest BCUT2D eigenvalue weighted by atomic mass is 10.2. The maximum Gasteiger partial charge on any atom is 0.245 e. The number of rotatable bonds is 5. The molecular weight excluding hydrogens is 260 g/mol. The van der Waals surface area contributed by atoms with E-state index in [9.17, 15) is 4.79 Å². The molecule has 1 aromatic heterocycles. The van der Waals surface area contributed by atoms with Crippen molar-refractivity contribution in [2.45, 2.75) is 25.5 Å².